The van der Waals surface area contributed by atoms with E-state index in [0.29, 0.717) is 5.82 Å². The lowest BCUT2D eigenvalue weighted by atomic mass is 10.1. The normalized spacial score (nSPS) is 11.3. The molecule has 0 fully saturated rings. The van der Waals surface area contributed by atoms with Gasteiger partial charge in [0.2, 0.25) is 0 Å². The molecule has 2 atom stereocenters. The minimum atomic E-state index is -0.807. The lowest BCUT2D eigenvalue weighted by Gasteiger charge is -2.28. The number of aliphatic hydroxyl groups excluding tert-OH is 1. The van der Waals surface area contributed by atoms with Crippen LogP contribution in [0.25, 0.3) is 32.0 Å². The van der Waals surface area contributed by atoms with E-state index in [1.807, 2.05) is 109 Å². The molecule has 0 spiro atoms. The summed E-state index contributed by atoms with van der Waals surface area (Å²) in [6.07, 6.45) is 0.921. The predicted molar refractivity (Wildman–Crippen MR) is 297 cm³/mol. The Balaban J connectivity index is 0.000000423. The Hall–Kier alpha value is -7.91. The van der Waals surface area contributed by atoms with Gasteiger partial charge in [-0.1, -0.05) is 109 Å². The van der Waals surface area contributed by atoms with Crippen molar-refractivity contribution in [3.05, 3.63) is 161 Å². The number of esters is 2. The molecule has 22 heteroatoms. The standard InChI is InChI=1S/C27H31N3O6.C17H25NO5.C10H6N4O.2H2S/c1-27(2,3)36-24(31)15-22(30(4)26(33)35-17-19-10-6-5-7-11-19)18-34-25(32)29-23-14-20-12-8-9-13-21(20)16-28-23;1-17(2,3)23-15(20)10-14(11-19)18(4)16(21)22-12-13-8-6-5-7-9-13;11-14-13-10(15)9-5-7-3-1-2-4-8(7)6-12-9;;/h5-14,16,22H,15,17-18H2,1-4H3,(H,28,29,32);5-9,14,19H,10-12H2,1-4H3;1-6H;2*1H2/t22-;14-;;;/m00.../s1. The third kappa shape index (κ3) is 23.1. The van der Waals surface area contributed by atoms with Gasteiger partial charge in [-0.15, -0.1) is 0 Å². The summed E-state index contributed by atoms with van der Waals surface area (Å²) in [6, 6.07) is 35.4. The molecule has 76 heavy (non-hydrogen) atoms. The van der Waals surface area contributed by atoms with E-state index < -0.39 is 59.4 Å². The van der Waals surface area contributed by atoms with E-state index in [9.17, 15) is 33.9 Å². The molecule has 2 N–H and O–H groups in total. The minimum absolute atomic E-state index is 0. The number of hydrogen-bond donors (Lipinski definition) is 2. The molecule has 0 saturated heterocycles. The number of nitrogens with zero attached hydrogens (tertiary/aromatic N) is 7. The summed E-state index contributed by atoms with van der Waals surface area (Å²) in [5.41, 5.74) is 8.66. The van der Waals surface area contributed by atoms with Gasteiger partial charge in [0, 0.05) is 42.2 Å². The average Bonchev–Trinajstić information content (AvgIpc) is 3.37. The van der Waals surface area contributed by atoms with E-state index in [1.54, 1.807) is 66.1 Å². The van der Waals surface area contributed by atoms with Crippen molar-refractivity contribution >= 4 is 90.5 Å². The molecule has 6 rings (SSSR count). The fourth-order valence-electron chi connectivity index (χ4n) is 6.48. The maximum atomic E-state index is 12.7. The number of carbonyl (C=O) groups is 6. The van der Waals surface area contributed by atoms with Crippen molar-refractivity contribution in [1.82, 2.24) is 19.8 Å². The van der Waals surface area contributed by atoms with Gasteiger partial charge in [-0.3, -0.25) is 24.7 Å². The first-order chi connectivity index (χ1) is 35.1. The molecular formula is C54H66N8O12S2. The molecule has 2 aromatic heterocycles. The second kappa shape index (κ2) is 31.7. The van der Waals surface area contributed by atoms with Crippen LogP contribution in [0.15, 0.2) is 139 Å². The Bertz CT molecular complexity index is 2880. The fourth-order valence-corrected chi connectivity index (χ4v) is 6.48. The molecule has 0 radical (unpaired) electrons. The van der Waals surface area contributed by atoms with Gasteiger partial charge in [0.1, 0.15) is 42.5 Å². The van der Waals surface area contributed by atoms with Crippen molar-refractivity contribution in [3.8, 4) is 0 Å². The van der Waals surface area contributed by atoms with Crippen molar-refractivity contribution < 1.29 is 57.6 Å². The summed E-state index contributed by atoms with van der Waals surface area (Å²) in [5.74, 6) is -1.35. The molecule has 0 aliphatic carbocycles. The van der Waals surface area contributed by atoms with Crippen LogP contribution < -0.4 is 5.32 Å². The van der Waals surface area contributed by atoms with Crippen LogP contribution in [-0.2, 0) is 46.5 Å². The molecule has 0 saturated carbocycles. The number of hydrogen-bond acceptors (Lipinski definition) is 14. The highest BCUT2D eigenvalue weighted by Gasteiger charge is 2.29. The molecule has 20 nitrogen and oxygen atoms in total. The van der Waals surface area contributed by atoms with Gasteiger partial charge < -0.3 is 38.6 Å². The Morgan fingerprint density at radius 1 is 0.618 bits per heavy atom. The van der Waals surface area contributed by atoms with Gasteiger partial charge in [0.15, 0.2) is 0 Å². The van der Waals surface area contributed by atoms with Gasteiger partial charge in [-0.05, 0) is 86.2 Å². The number of anilines is 1. The highest BCUT2D eigenvalue weighted by molar-refractivity contribution is 7.59. The third-order valence-corrected chi connectivity index (χ3v) is 10.2. The lowest BCUT2D eigenvalue weighted by Crippen LogP contribution is -2.43. The van der Waals surface area contributed by atoms with Gasteiger partial charge in [0.05, 0.1) is 31.5 Å². The topological polar surface area (TPSA) is 262 Å². The fraction of sp³-hybridized carbons (Fsp3) is 0.333. The van der Waals surface area contributed by atoms with Crippen molar-refractivity contribution in [2.75, 3.05) is 32.6 Å². The molecule has 0 unspecified atom stereocenters. The van der Waals surface area contributed by atoms with E-state index in [0.717, 1.165) is 32.7 Å². The zero-order valence-corrected chi connectivity index (χ0v) is 45.7. The van der Waals surface area contributed by atoms with Crippen LogP contribution in [0.3, 0.4) is 0 Å². The zero-order valence-electron chi connectivity index (χ0n) is 43.7. The average molecular weight is 1080 g/mol. The van der Waals surface area contributed by atoms with Crippen LogP contribution in [0, 0.1) is 0 Å². The van der Waals surface area contributed by atoms with Crippen molar-refractivity contribution in [2.24, 2.45) is 5.11 Å². The SMILES string of the molecule is CN(C(=O)OCc1ccccc1)[C@H](CO)CC(=O)OC(C)(C)C.CN(C(=O)OCc1ccccc1)[C@H](COC(=O)Nc1cc2ccccc2cn1)CC(=O)OC(C)(C)C.S.S.[N-]=[N+]=NC(=O)c1cc2ccccc2cn1. The Morgan fingerprint density at radius 2 is 1.04 bits per heavy atom. The number of rotatable bonds is 15. The molecule has 4 amide bonds. The van der Waals surface area contributed by atoms with E-state index in [1.165, 1.54) is 23.9 Å². The van der Waals surface area contributed by atoms with Gasteiger partial charge >= 0.3 is 30.2 Å². The van der Waals surface area contributed by atoms with Crippen LogP contribution in [0.1, 0.15) is 76.0 Å². The van der Waals surface area contributed by atoms with Crippen molar-refractivity contribution in [2.45, 2.75) is 90.9 Å². The van der Waals surface area contributed by atoms with E-state index in [4.69, 9.17) is 29.2 Å². The van der Waals surface area contributed by atoms with Gasteiger partial charge in [0.25, 0.3) is 5.91 Å². The van der Waals surface area contributed by atoms with Crippen LogP contribution in [-0.4, -0.2) is 112 Å². The number of ether oxygens (including phenoxy) is 5. The summed E-state index contributed by atoms with van der Waals surface area (Å²) in [5, 5.41) is 18.6. The monoisotopic (exact) mass is 1080 g/mol. The number of benzene rings is 4. The minimum Gasteiger partial charge on any atom is -0.460 e. The molecular weight excluding hydrogens is 1020 g/mol. The number of aromatic nitrogens is 2. The van der Waals surface area contributed by atoms with Crippen molar-refractivity contribution in [3.63, 3.8) is 0 Å². The first-order valence-corrected chi connectivity index (χ1v) is 23.3. The lowest BCUT2D eigenvalue weighted by molar-refractivity contribution is -0.157. The molecule has 0 aliphatic rings. The summed E-state index contributed by atoms with van der Waals surface area (Å²) >= 11 is 0. The van der Waals surface area contributed by atoms with Crippen LogP contribution >= 0.6 is 27.0 Å². The Morgan fingerprint density at radius 3 is 1.50 bits per heavy atom. The largest absolute Gasteiger partial charge is 0.460 e. The summed E-state index contributed by atoms with van der Waals surface area (Å²) in [7, 11) is 2.97. The second-order valence-corrected chi connectivity index (χ2v) is 18.4. The zero-order chi connectivity index (χ0) is 54.3. The van der Waals surface area contributed by atoms with Crippen LogP contribution in [0.5, 0.6) is 0 Å². The van der Waals surface area contributed by atoms with E-state index in [-0.39, 0.29) is 72.0 Å². The molecule has 2 heterocycles. The molecule has 4 aromatic carbocycles. The number of amides is 4. The third-order valence-electron chi connectivity index (χ3n) is 10.2. The Labute approximate surface area is 455 Å². The molecule has 406 valence electrons. The Kier molecular flexibility index (Phi) is 26.8. The van der Waals surface area contributed by atoms with Crippen LogP contribution in [0.4, 0.5) is 20.2 Å². The predicted octanol–water partition coefficient (Wildman–Crippen LogP) is 10.4. The first-order valence-electron chi connectivity index (χ1n) is 23.3. The highest BCUT2D eigenvalue weighted by atomic mass is 32.1. The van der Waals surface area contributed by atoms with Crippen LogP contribution in [0.2, 0.25) is 0 Å². The van der Waals surface area contributed by atoms with E-state index in [2.05, 4.69) is 25.3 Å². The smallest absolute Gasteiger partial charge is 0.412 e. The highest BCUT2D eigenvalue weighted by Crippen LogP contribution is 2.19. The maximum absolute atomic E-state index is 12.7. The van der Waals surface area contributed by atoms with Gasteiger partial charge in [-0.2, -0.15) is 27.0 Å². The first kappa shape index (κ1) is 64.2. The summed E-state index contributed by atoms with van der Waals surface area (Å²) < 4.78 is 26.5. The number of azide groups is 1. The number of aliphatic hydroxyl groups is 1. The van der Waals surface area contributed by atoms with Gasteiger partial charge in [-0.25, -0.2) is 19.4 Å². The molecule has 0 aliphatic heterocycles. The maximum Gasteiger partial charge on any atom is 0.412 e. The quantitative estimate of drug-likeness (QED) is 0.0319. The summed E-state index contributed by atoms with van der Waals surface area (Å²) in [6.45, 7) is 10.1. The number of carbonyl (C=O) groups excluding carboxylic acids is 6. The van der Waals surface area contributed by atoms with Crippen molar-refractivity contribution in [1.29, 1.82) is 0 Å². The summed E-state index contributed by atoms with van der Waals surface area (Å²) in [4.78, 5) is 85.6. The second-order valence-electron chi connectivity index (χ2n) is 18.4. The molecule has 0 bridgehead atoms. The number of likely N-dealkylation sites (N-methyl/N-ethyl adjacent to an activating group) is 2. The van der Waals surface area contributed by atoms with E-state index >= 15 is 0 Å². The number of fused-ring (bicyclic) bond motifs is 2. The number of nitrogens with one attached hydrogen (secondary N) is 1. The molecule has 6 aromatic rings. The number of pyridine rings is 2.